The molecule has 5 N–H and O–H groups in total. The Hall–Kier alpha value is -1.71. The smallest absolute Gasteiger partial charge is 0.338 e. The van der Waals surface area contributed by atoms with Crippen LogP contribution in [-0.2, 0) is 14.3 Å². The van der Waals surface area contributed by atoms with Gasteiger partial charge in [-0.05, 0) is 18.6 Å². The molecule has 2 heterocycles. The van der Waals surface area contributed by atoms with Crippen LogP contribution in [0.25, 0.3) is 0 Å². The van der Waals surface area contributed by atoms with E-state index in [1.165, 1.54) is 25.1 Å². The number of esters is 1. The first-order chi connectivity index (χ1) is 11.2. The van der Waals surface area contributed by atoms with Crippen molar-refractivity contribution in [3.05, 3.63) is 29.3 Å². The molecule has 1 aromatic carbocycles. The summed E-state index contributed by atoms with van der Waals surface area (Å²) in [6.07, 6.45) is -6.92. The number of aliphatic hydroxyl groups is 4. The van der Waals surface area contributed by atoms with E-state index in [1.807, 2.05) is 0 Å². The molecular weight excluding hydrogens is 320 g/mol. The Morgan fingerprint density at radius 1 is 1.21 bits per heavy atom. The Balaban J connectivity index is 1.98. The number of phenols is 1. The van der Waals surface area contributed by atoms with Gasteiger partial charge in [-0.3, -0.25) is 0 Å². The third-order valence-corrected chi connectivity index (χ3v) is 5.60. The zero-order chi connectivity index (χ0) is 17.4. The molecular formula is C16H18O8. The van der Waals surface area contributed by atoms with Crippen LogP contribution in [0.1, 0.15) is 36.7 Å². The molecule has 0 radical (unpaired) electrons. The van der Waals surface area contributed by atoms with Crippen LogP contribution >= 0.6 is 0 Å². The lowest BCUT2D eigenvalue weighted by molar-refractivity contribution is -0.358. The summed E-state index contributed by atoms with van der Waals surface area (Å²) in [5.41, 5.74) is -3.95. The average Bonchev–Trinajstić information content (AvgIpc) is 2.54. The number of hydrogen-bond acceptors (Lipinski definition) is 8. The largest absolute Gasteiger partial charge is 0.508 e. The standard InChI is InChI=1S/C16H18O8/c1-6-16(22)13(20)10-7(3-2-4-8(10)17)12(19)15(16)5-9(23-6)11(18)14(21)24-15/h2-4,6,9,11-13,17-20,22H,5H2,1H3. The van der Waals surface area contributed by atoms with Crippen molar-refractivity contribution in [1.29, 1.82) is 0 Å². The van der Waals surface area contributed by atoms with Gasteiger partial charge in [-0.25, -0.2) is 4.79 Å². The lowest BCUT2D eigenvalue weighted by atomic mass is 9.59. The Morgan fingerprint density at radius 3 is 2.62 bits per heavy atom. The first-order valence-electron chi connectivity index (χ1n) is 7.70. The maximum atomic E-state index is 12.0. The van der Waals surface area contributed by atoms with E-state index < -0.39 is 47.7 Å². The van der Waals surface area contributed by atoms with E-state index in [-0.39, 0.29) is 23.3 Å². The quantitative estimate of drug-likeness (QED) is 0.381. The molecule has 2 aliphatic heterocycles. The van der Waals surface area contributed by atoms with Crippen molar-refractivity contribution in [3.8, 4) is 5.75 Å². The number of carbonyl (C=O) groups is 1. The van der Waals surface area contributed by atoms with E-state index in [1.54, 1.807) is 0 Å². The van der Waals surface area contributed by atoms with E-state index in [2.05, 4.69) is 0 Å². The number of aliphatic hydroxyl groups excluding tert-OH is 3. The summed E-state index contributed by atoms with van der Waals surface area (Å²) in [4.78, 5) is 12.0. The minimum Gasteiger partial charge on any atom is -0.508 e. The predicted molar refractivity (Wildman–Crippen MR) is 76.8 cm³/mol. The third-order valence-electron chi connectivity index (χ3n) is 5.60. The minimum absolute atomic E-state index is 0.0332. The number of aromatic hydroxyl groups is 1. The normalized spacial score (nSPS) is 46.7. The molecule has 130 valence electrons. The summed E-state index contributed by atoms with van der Waals surface area (Å²) in [5.74, 6) is -1.33. The van der Waals surface area contributed by atoms with Crippen molar-refractivity contribution in [2.75, 3.05) is 0 Å². The summed E-state index contributed by atoms with van der Waals surface area (Å²) in [6.45, 7) is 1.45. The Bertz CT molecular complexity index is 720. The Kier molecular flexibility index (Phi) is 3.08. The second-order valence-corrected chi connectivity index (χ2v) is 6.69. The number of carbonyl (C=O) groups excluding carboxylic acids is 1. The van der Waals surface area contributed by atoms with Gasteiger partial charge in [0.1, 0.15) is 18.0 Å². The first kappa shape index (κ1) is 15.8. The van der Waals surface area contributed by atoms with Crippen LogP contribution in [0.2, 0.25) is 0 Å². The highest BCUT2D eigenvalue weighted by molar-refractivity contribution is 5.77. The van der Waals surface area contributed by atoms with Crippen molar-refractivity contribution in [2.24, 2.45) is 0 Å². The zero-order valence-electron chi connectivity index (χ0n) is 12.8. The third kappa shape index (κ3) is 1.57. The molecule has 8 heteroatoms. The minimum atomic E-state index is -2.19. The van der Waals surface area contributed by atoms with Crippen molar-refractivity contribution in [1.82, 2.24) is 0 Å². The highest BCUT2D eigenvalue weighted by Gasteiger charge is 2.74. The van der Waals surface area contributed by atoms with Crippen molar-refractivity contribution in [2.45, 2.75) is 55.1 Å². The molecule has 0 amide bonds. The van der Waals surface area contributed by atoms with Crippen LogP contribution in [0.5, 0.6) is 5.75 Å². The van der Waals surface area contributed by atoms with Gasteiger partial charge in [0.25, 0.3) is 0 Å². The highest BCUT2D eigenvalue weighted by atomic mass is 16.6. The first-order valence-corrected chi connectivity index (χ1v) is 7.70. The SMILES string of the molecule is CC1OC2CC3(OC(=O)C2O)C(O)c2cccc(O)c2C(O)C13O. The molecule has 2 fully saturated rings. The summed E-state index contributed by atoms with van der Waals surface area (Å²) < 4.78 is 10.8. The molecule has 8 nitrogen and oxygen atoms in total. The molecule has 2 bridgehead atoms. The molecule has 3 aliphatic rings. The highest BCUT2D eigenvalue weighted by Crippen LogP contribution is 2.60. The molecule has 0 saturated carbocycles. The summed E-state index contributed by atoms with van der Waals surface area (Å²) in [7, 11) is 0. The second-order valence-electron chi connectivity index (χ2n) is 6.69. The van der Waals surface area contributed by atoms with Gasteiger partial charge < -0.3 is 35.0 Å². The van der Waals surface area contributed by atoms with Crippen LogP contribution in [0.3, 0.4) is 0 Å². The van der Waals surface area contributed by atoms with Gasteiger partial charge >= 0.3 is 5.97 Å². The monoisotopic (exact) mass is 338 g/mol. The molecule has 7 unspecified atom stereocenters. The van der Waals surface area contributed by atoms with Crippen molar-refractivity contribution < 1.29 is 39.8 Å². The Labute approximate surface area is 136 Å². The number of benzene rings is 1. The molecule has 24 heavy (non-hydrogen) atoms. The van der Waals surface area contributed by atoms with Crippen LogP contribution in [0.15, 0.2) is 18.2 Å². The lowest BCUT2D eigenvalue weighted by Crippen LogP contribution is -2.77. The van der Waals surface area contributed by atoms with E-state index in [9.17, 15) is 30.3 Å². The van der Waals surface area contributed by atoms with E-state index >= 15 is 0 Å². The predicted octanol–water partition coefficient (Wildman–Crippen LogP) is -0.962. The van der Waals surface area contributed by atoms with Crippen molar-refractivity contribution in [3.63, 3.8) is 0 Å². The van der Waals surface area contributed by atoms with Crippen LogP contribution in [0.4, 0.5) is 0 Å². The zero-order valence-corrected chi connectivity index (χ0v) is 12.8. The summed E-state index contributed by atoms with van der Waals surface area (Å²) in [5, 5.41) is 52.9. The van der Waals surface area contributed by atoms with Gasteiger partial charge in [0.2, 0.25) is 0 Å². The fraction of sp³-hybridized carbons (Fsp3) is 0.562. The number of hydrogen-bond donors (Lipinski definition) is 5. The van der Waals surface area contributed by atoms with Crippen LogP contribution in [-0.4, -0.2) is 61.0 Å². The topological polar surface area (TPSA) is 137 Å². The molecule has 4 rings (SSSR count). The van der Waals surface area contributed by atoms with Crippen LogP contribution in [0, 0.1) is 0 Å². The van der Waals surface area contributed by atoms with E-state index in [0.29, 0.717) is 0 Å². The van der Waals surface area contributed by atoms with Crippen molar-refractivity contribution >= 4 is 5.97 Å². The average molecular weight is 338 g/mol. The summed E-state index contributed by atoms with van der Waals surface area (Å²) >= 11 is 0. The maximum absolute atomic E-state index is 12.0. The van der Waals surface area contributed by atoms with E-state index in [4.69, 9.17) is 9.47 Å². The van der Waals surface area contributed by atoms with Gasteiger partial charge in [0, 0.05) is 12.0 Å². The molecule has 1 aromatic rings. The fourth-order valence-corrected chi connectivity index (χ4v) is 4.34. The van der Waals surface area contributed by atoms with Gasteiger partial charge in [0.05, 0.1) is 12.2 Å². The van der Waals surface area contributed by atoms with Gasteiger partial charge in [-0.15, -0.1) is 0 Å². The molecule has 1 spiro atoms. The van der Waals surface area contributed by atoms with Gasteiger partial charge in [-0.2, -0.15) is 0 Å². The number of rotatable bonds is 0. The molecule has 7 atom stereocenters. The lowest BCUT2D eigenvalue weighted by Gasteiger charge is -2.62. The second kappa shape index (κ2) is 4.68. The molecule has 2 saturated heterocycles. The maximum Gasteiger partial charge on any atom is 0.338 e. The fourth-order valence-electron chi connectivity index (χ4n) is 4.34. The molecule has 0 aromatic heterocycles. The number of phenolic OH excluding ortho intramolecular Hbond substituents is 1. The van der Waals surface area contributed by atoms with Gasteiger partial charge in [0.15, 0.2) is 17.3 Å². The molecule has 1 aliphatic carbocycles. The Morgan fingerprint density at radius 2 is 1.92 bits per heavy atom. The van der Waals surface area contributed by atoms with E-state index in [0.717, 1.165) is 0 Å². The van der Waals surface area contributed by atoms with Crippen LogP contribution < -0.4 is 0 Å². The number of ether oxygens (including phenoxy) is 2. The number of fused-ring (bicyclic) bond motifs is 2. The van der Waals surface area contributed by atoms with Gasteiger partial charge in [-0.1, -0.05) is 12.1 Å². The summed E-state index contributed by atoms with van der Waals surface area (Å²) in [6, 6.07) is 4.28.